The van der Waals surface area contributed by atoms with Crippen molar-refractivity contribution in [3.63, 3.8) is 0 Å². The number of carbonyl (C=O) groups excluding carboxylic acids is 1. The van der Waals surface area contributed by atoms with Gasteiger partial charge in [0, 0.05) is 6.54 Å². The molecule has 1 saturated carbocycles. The third-order valence-corrected chi connectivity index (χ3v) is 3.07. The van der Waals surface area contributed by atoms with Gasteiger partial charge in [-0.1, -0.05) is 26.2 Å². The summed E-state index contributed by atoms with van der Waals surface area (Å²) in [6, 6.07) is -1.17. The van der Waals surface area contributed by atoms with Gasteiger partial charge < -0.3 is 15.7 Å². The molecule has 5 heteroatoms. The van der Waals surface area contributed by atoms with E-state index in [2.05, 4.69) is 10.6 Å². The maximum atomic E-state index is 11.3. The quantitative estimate of drug-likeness (QED) is 0.642. The van der Waals surface area contributed by atoms with Crippen molar-refractivity contribution in [1.82, 2.24) is 10.6 Å². The van der Waals surface area contributed by atoms with Crippen LogP contribution in [-0.2, 0) is 4.79 Å². The van der Waals surface area contributed by atoms with E-state index in [0.29, 0.717) is 13.0 Å². The number of rotatable bonds is 6. The van der Waals surface area contributed by atoms with Crippen molar-refractivity contribution in [3.8, 4) is 0 Å². The van der Waals surface area contributed by atoms with Crippen molar-refractivity contribution in [2.75, 3.05) is 6.54 Å². The number of aliphatic carboxylic acids is 1. The number of hydrogen-bond acceptors (Lipinski definition) is 2. The second-order valence-electron chi connectivity index (χ2n) is 4.28. The van der Waals surface area contributed by atoms with Crippen molar-refractivity contribution >= 4 is 12.0 Å². The third-order valence-electron chi connectivity index (χ3n) is 3.07. The van der Waals surface area contributed by atoms with Crippen LogP contribution in [0, 0.1) is 5.92 Å². The lowest BCUT2D eigenvalue weighted by atomic mass is 9.83. The van der Waals surface area contributed by atoms with Crippen LogP contribution in [0.5, 0.6) is 0 Å². The monoisotopic (exact) mass is 228 g/mol. The average molecular weight is 228 g/mol. The third kappa shape index (κ3) is 4.08. The van der Waals surface area contributed by atoms with E-state index in [1.165, 1.54) is 19.3 Å². The smallest absolute Gasteiger partial charge is 0.326 e. The molecule has 5 nitrogen and oxygen atoms in total. The van der Waals surface area contributed by atoms with E-state index in [0.717, 1.165) is 12.3 Å². The summed E-state index contributed by atoms with van der Waals surface area (Å²) in [7, 11) is 0. The number of carboxylic acids is 1. The predicted octanol–water partition coefficient (Wildman–Crippen LogP) is 1.34. The van der Waals surface area contributed by atoms with Crippen molar-refractivity contribution in [2.45, 2.75) is 45.1 Å². The van der Waals surface area contributed by atoms with Crippen LogP contribution in [0.25, 0.3) is 0 Å². The topological polar surface area (TPSA) is 78.4 Å². The molecule has 92 valence electrons. The molecule has 16 heavy (non-hydrogen) atoms. The molecule has 2 amide bonds. The Morgan fingerprint density at radius 3 is 2.56 bits per heavy atom. The Labute approximate surface area is 95.6 Å². The SMILES string of the molecule is CC[C@H](NC(=O)NCCC1CCC1)C(=O)O. The number of amides is 2. The van der Waals surface area contributed by atoms with E-state index in [4.69, 9.17) is 5.11 Å². The largest absolute Gasteiger partial charge is 0.480 e. The van der Waals surface area contributed by atoms with Gasteiger partial charge in [0.25, 0.3) is 0 Å². The predicted molar refractivity (Wildman–Crippen MR) is 60.2 cm³/mol. The summed E-state index contributed by atoms with van der Waals surface area (Å²) in [5.41, 5.74) is 0. The molecule has 3 N–H and O–H groups in total. The van der Waals surface area contributed by atoms with E-state index in [-0.39, 0.29) is 6.03 Å². The van der Waals surface area contributed by atoms with E-state index >= 15 is 0 Å². The van der Waals surface area contributed by atoms with Gasteiger partial charge in [-0.05, 0) is 18.8 Å². The maximum Gasteiger partial charge on any atom is 0.326 e. The summed E-state index contributed by atoms with van der Waals surface area (Å²) in [5, 5.41) is 13.9. The molecule has 0 heterocycles. The molecule has 0 aromatic rings. The highest BCUT2D eigenvalue weighted by Gasteiger charge is 2.19. The molecule has 1 rings (SSSR count). The van der Waals surface area contributed by atoms with Gasteiger partial charge in [0.05, 0.1) is 0 Å². The summed E-state index contributed by atoms with van der Waals surface area (Å²) in [5.74, 6) is -0.238. The van der Waals surface area contributed by atoms with Gasteiger partial charge in [0.15, 0.2) is 0 Å². The normalized spacial score (nSPS) is 17.3. The first-order valence-electron chi connectivity index (χ1n) is 5.90. The molecule has 0 aromatic heterocycles. The molecule has 1 aliphatic rings. The Bertz CT molecular complexity index is 252. The fourth-order valence-electron chi connectivity index (χ4n) is 1.72. The molecule has 0 aliphatic heterocycles. The zero-order chi connectivity index (χ0) is 12.0. The molecule has 0 unspecified atom stereocenters. The lowest BCUT2D eigenvalue weighted by Crippen LogP contribution is -2.46. The first-order chi connectivity index (χ1) is 7.63. The molecular weight excluding hydrogens is 208 g/mol. The minimum absolute atomic E-state index is 0.381. The van der Waals surface area contributed by atoms with Gasteiger partial charge in [0.2, 0.25) is 0 Å². The second kappa shape index (κ2) is 6.35. The van der Waals surface area contributed by atoms with Gasteiger partial charge in [0.1, 0.15) is 6.04 Å². The highest BCUT2D eigenvalue weighted by Crippen LogP contribution is 2.28. The number of hydrogen-bond donors (Lipinski definition) is 3. The van der Waals surface area contributed by atoms with E-state index in [1.54, 1.807) is 6.92 Å². The Kier molecular flexibility index (Phi) is 5.08. The van der Waals surface area contributed by atoms with Crippen LogP contribution < -0.4 is 10.6 Å². The van der Waals surface area contributed by atoms with Crippen LogP contribution in [0.2, 0.25) is 0 Å². The maximum absolute atomic E-state index is 11.3. The fraction of sp³-hybridized carbons (Fsp3) is 0.818. The highest BCUT2D eigenvalue weighted by atomic mass is 16.4. The van der Waals surface area contributed by atoms with Crippen molar-refractivity contribution < 1.29 is 14.7 Å². The number of nitrogens with one attached hydrogen (secondary N) is 2. The Morgan fingerprint density at radius 2 is 2.12 bits per heavy atom. The van der Waals surface area contributed by atoms with Crippen LogP contribution in [0.15, 0.2) is 0 Å². The Balaban J connectivity index is 2.11. The van der Waals surface area contributed by atoms with Crippen molar-refractivity contribution in [2.24, 2.45) is 5.92 Å². The number of carboxylic acid groups (broad SMARTS) is 1. The molecule has 1 atom stereocenters. The van der Waals surface area contributed by atoms with E-state index in [1.807, 2.05) is 0 Å². The second-order valence-corrected chi connectivity index (χ2v) is 4.28. The number of urea groups is 1. The van der Waals surface area contributed by atoms with Gasteiger partial charge in [-0.15, -0.1) is 0 Å². The number of carbonyl (C=O) groups is 2. The Hall–Kier alpha value is -1.26. The van der Waals surface area contributed by atoms with Crippen LogP contribution in [0.3, 0.4) is 0 Å². The lowest BCUT2D eigenvalue weighted by Gasteiger charge is -2.25. The highest BCUT2D eigenvalue weighted by molar-refractivity contribution is 5.82. The van der Waals surface area contributed by atoms with Crippen LogP contribution in [-0.4, -0.2) is 29.7 Å². The van der Waals surface area contributed by atoms with Gasteiger partial charge in [-0.3, -0.25) is 0 Å². The Morgan fingerprint density at radius 1 is 1.44 bits per heavy atom. The first kappa shape index (κ1) is 12.8. The fourth-order valence-corrected chi connectivity index (χ4v) is 1.72. The summed E-state index contributed by atoms with van der Waals surface area (Å²) in [6.07, 6.45) is 5.21. The standard InChI is InChI=1S/C11H20N2O3/c1-2-9(10(14)15)13-11(16)12-7-6-8-4-3-5-8/h8-9H,2-7H2,1H3,(H,14,15)(H2,12,13,16)/t9-/m0/s1. The van der Waals surface area contributed by atoms with Crippen molar-refractivity contribution in [1.29, 1.82) is 0 Å². The van der Waals surface area contributed by atoms with E-state index < -0.39 is 12.0 Å². The minimum atomic E-state index is -0.989. The first-order valence-corrected chi connectivity index (χ1v) is 5.90. The molecule has 0 saturated heterocycles. The molecule has 0 radical (unpaired) electrons. The zero-order valence-electron chi connectivity index (χ0n) is 9.66. The molecule has 0 aromatic carbocycles. The molecule has 1 fully saturated rings. The van der Waals surface area contributed by atoms with Gasteiger partial charge >= 0.3 is 12.0 Å². The molecule has 1 aliphatic carbocycles. The summed E-state index contributed by atoms with van der Waals surface area (Å²) >= 11 is 0. The summed E-state index contributed by atoms with van der Waals surface area (Å²) < 4.78 is 0. The summed E-state index contributed by atoms with van der Waals surface area (Å²) in [4.78, 5) is 22.0. The molecular formula is C11H20N2O3. The van der Waals surface area contributed by atoms with Crippen LogP contribution in [0.1, 0.15) is 39.0 Å². The van der Waals surface area contributed by atoms with Gasteiger partial charge in [-0.2, -0.15) is 0 Å². The zero-order valence-corrected chi connectivity index (χ0v) is 9.66. The van der Waals surface area contributed by atoms with Gasteiger partial charge in [-0.25, -0.2) is 9.59 Å². The van der Waals surface area contributed by atoms with E-state index in [9.17, 15) is 9.59 Å². The van der Waals surface area contributed by atoms with Crippen LogP contribution >= 0.6 is 0 Å². The average Bonchev–Trinajstić information content (AvgIpc) is 2.17. The lowest BCUT2D eigenvalue weighted by molar-refractivity contribution is -0.139. The van der Waals surface area contributed by atoms with Crippen molar-refractivity contribution in [3.05, 3.63) is 0 Å². The minimum Gasteiger partial charge on any atom is -0.480 e. The molecule has 0 spiro atoms. The summed E-state index contributed by atoms with van der Waals surface area (Å²) in [6.45, 7) is 2.36. The van der Waals surface area contributed by atoms with Crippen LogP contribution in [0.4, 0.5) is 4.79 Å². The molecule has 0 bridgehead atoms.